The topological polar surface area (TPSA) is 55.1 Å². The van der Waals surface area contributed by atoms with Crippen LogP contribution in [0.4, 0.5) is 5.69 Å². The van der Waals surface area contributed by atoms with E-state index in [2.05, 4.69) is 5.32 Å². The van der Waals surface area contributed by atoms with Crippen LogP contribution in [0, 0.1) is 0 Å². The number of hydrogen-bond donors (Lipinski definition) is 2. The Balaban J connectivity index is 2.24. The molecule has 0 fully saturated rings. The van der Waals surface area contributed by atoms with Crippen LogP contribution in [0.3, 0.4) is 0 Å². The maximum Gasteiger partial charge on any atom is 0.244 e. The predicted molar refractivity (Wildman–Crippen MR) is 73.5 cm³/mol. The first-order chi connectivity index (χ1) is 8.66. The van der Waals surface area contributed by atoms with E-state index in [1.807, 2.05) is 30.3 Å². The second-order valence-electron chi connectivity index (χ2n) is 3.90. The molecule has 18 heavy (non-hydrogen) atoms. The number of halogens is 1. The van der Waals surface area contributed by atoms with Crippen molar-refractivity contribution in [2.45, 2.75) is 6.04 Å². The maximum absolute atomic E-state index is 11.5. The Hall–Kier alpha value is -2.00. The van der Waals surface area contributed by atoms with Gasteiger partial charge in [-0.25, -0.2) is 0 Å². The normalized spacial score (nSPS) is 11.8. The zero-order chi connectivity index (χ0) is 13.0. The Labute approximate surface area is 111 Å². The number of benzene rings is 2. The molecule has 0 radical (unpaired) electrons. The van der Waals surface area contributed by atoms with E-state index >= 15 is 0 Å². The number of nitrogens with two attached hydrogens (primary N) is 1. The van der Waals surface area contributed by atoms with Crippen molar-refractivity contribution in [2.75, 3.05) is 5.32 Å². The quantitative estimate of drug-likeness (QED) is 0.888. The highest BCUT2D eigenvalue weighted by atomic mass is 35.5. The van der Waals surface area contributed by atoms with Gasteiger partial charge in [0.25, 0.3) is 0 Å². The number of hydrogen-bond acceptors (Lipinski definition) is 2. The number of anilines is 1. The number of amides is 1. The van der Waals surface area contributed by atoms with Gasteiger partial charge in [0.05, 0.1) is 0 Å². The first kappa shape index (κ1) is 12.5. The van der Waals surface area contributed by atoms with Gasteiger partial charge in [0.2, 0.25) is 5.91 Å². The smallest absolute Gasteiger partial charge is 0.244 e. The minimum atomic E-state index is -0.565. The van der Waals surface area contributed by atoms with Crippen LogP contribution in [0.2, 0.25) is 5.02 Å². The summed E-state index contributed by atoms with van der Waals surface area (Å²) in [6, 6.07) is 15.9. The molecular weight excluding hydrogens is 248 g/mol. The second kappa shape index (κ2) is 5.56. The highest BCUT2D eigenvalue weighted by Crippen LogP contribution is 2.21. The summed E-state index contributed by atoms with van der Waals surface area (Å²) in [4.78, 5) is 11.5. The Morgan fingerprint density at radius 1 is 1.06 bits per heavy atom. The lowest BCUT2D eigenvalue weighted by Crippen LogP contribution is -2.27. The molecule has 2 aromatic carbocycles. The molecule has 0 saturated heterocycles. The number of primary amides is 1. The lowest BCUT2D eigenvalue weighted by Gasteiger charge is -2.17. The molecule has 0 heterocycles. The molecule has 3 N–H and O–H groups in total. The minimum Gasteiger partial charge on any atom is -0.370 e. The van der Waals surface area contributed by atoms with Gasteiger partial charge in [0.1, 0.15) is 6.04 Å². The van der Waals surface area contributed by atoms with Crippen LogP contribution in [0.1, 0.15) is 11.6 Å². The summed E-state index contributed by atoms with van der Waals surface area (Å²) in [6.07, 6.45) is 0. The lowest BCUT2D eigenvalue weighted by molar-refractivity contribution is -0.118. The van der Waals surface area contributed by atoms with Crippen LogP contribution in [0.5, 0.6) is 0 Å². The van der Waals surface area contributed by atoms with Crippen LogP contribution in [0.15, 0.2) is 54.6 Å². The maximum atomic E-state index is 11.5. The number of carbonyl (C=O) groups is 1. The van der Waals surface area contributed by atoms with E-state index in [1.54, 1.807) is 24.3 Å². The van der Waals surface area contributed by atoms with Crippen molar-refractivity contribution in [1.82, 2.24) is 0 Å². The standard InChI is InChI=1S/C14H13ClN2O/c15-11-8-6-10(7-9-11)13(14(16)18)17-12-4-2-1-3-5-12/h1-9,13,17H,(H2,16,18). The third-order valence-corrected chi connectivity index (χ3v) is 2.82. The van der Waals surface area contributed by atoms with E-state index in [9.17, 15) is 4.79 Å². The van der Waals surface area contributed by atoms with Crippen LogP contribution < -0.4 is 11.1 Å². The van der Waals surface area contributed by atoms with E-state index in [0.29, 0.717) is 5.02 Å². The SMILES string of the molecule is NC(=O)C(Nc1ccccc1)c1ccc(Cl)cc1. The third-order valence-electron chi connectivity index (χ3n) is 2.57. The van der Waals surface area contributed by atoms with Gasteiger partial charge in [0.15, 0.2) is 0 Å². The zero-order valence-corrected chi connectivity index (χ0v) is 10.4. The monoisotopic (exact) mass is 260 g/mol. The molecule has 1 atom stereocenters. The van der Waals surface area contributed by atoms with Gasteiger partial charge in [-0.1, -0.05) is 41.9 Å². The molecule has 2 aromatic rings. The summed E-state index contributed by atoms with van der Waals surface area (Å²) >= 11 is 5.82. The third kappa shape index (κ3) is 3.02. The van der Waals surface area contributed by atoms with Crippen molar-refractivity contribution in [1.29, 1.82) is 0 Å². The summed E-state index contributed by atoms with van der Waals surface area (Å²) in [5.41, 5.74) is 7.05. The van der Waals surface area contributed by atoms with E-state index in [4.69, 9.17) is 17.3 Å². The zero-order valence-electron chi connectivity index (χ0n) is 9.64. The molecule has 0 bridgehead atoms. The summed E-state index contributed by atoms with van der Waals surface area (Å²) < 4.78 is 0. The number of carbonyl (C=O) groups excluding carboxylic acids is 1. The molecular formula is C14H13ClN2O. The molecule has 1 amide bonds. The van der Waals surface area contributed by atoms with Gasteiger partial charge in [0, 0.05) is 10.7 Å². The van der Waals surface area contributed by atoms with Gasteiger partial charge in [-0.3, -0.25) is 4.79 Å². The van der Waals surface area contributed by atoms with E-state index in [0.717, 1.165) is 11.3 Å². The first-order valence-electron chi connectivity index (χ1n) is 5.53. The van der Waals surface area contributed by atoms with Crippen LogP contribution in [-0.4, -0.2) is 5.91 Å². The van der Waals surface area contributed by atoms with Crippen LogP contribution >= 0.6 is 11.6 Å². The largest absolute Gasteiger partial charge is 0.370 e. The van der Waals surface area contributed by atoms with Gasteiger partial charge < -0.3 is 11.1 Å². The Morgan fingerprint density at radius 3 is 2.22 bits per heavy atom. The average Bonchev–Trinajstić information content (AvgIpc) is 2.38. The molecule has 1 unspecified atom stereocenters. The van der Waals surface area contributed by atoms with Gasteiger partial charge >= 0.3 is 0 Å². The minimum absolute atomic E-state index is 0.429. The van der Waals surface area contributed by atoms with Crippen molar-refractivity contribution in [3.63, 3.8) is 0 Å². The van der Waals surface area contributed by atoms with Crippen LogP contribution in [-0.2, 0) is 4.79 Å². The average molecular weight is 261 g/mol. The Bertz CT molecular complexity index is 525. The highest BCUT2D eigenvalue weighted by Gasteiger charge is 2.17. The van der Waals surface area contributed by atoms with Crippen LogP contribution in [0.25, 0.3) is 0 Å². The van der Waals surface area contributed by atoms with Crippen molar-refractivity contribution in [2.24, 2.45) is 5.73 Å². The molecule has 0 spiro atoms. The van der Waals surface area contributed by atoms with Crippen molar-refractivity contribution >= 4 is 23.2 Å². The van der Waals surface area contributed by atoms with E-state index < -0.39 is 11.9 Å². The molecule has 0 aliphatic heterocycles. The van der Waals surface area contributed by atoms with Gasteiger partial charge in [-0.15, -0.1) is 0 Å². The van der Waals surface area contributed by atoms with Crippen molar-refractivity contribution < 1.29 is 4.79 Å². The molecule has 0 aromatic heterocycles. The Kier molecular flexibility index (Phi) is 3.85. The Morgan fingerprint density at radius 2 is 1.67 bits per heavy atom. The van der Waals surface area contributed by atoms with Crippen molar-refractivity contribution in [3.8, 4) is 0 Å². The number of nitrogens with one attached hydrogen (secondary N) is 1. The van der Waals surface area contributed by atoms with Gasteiger partial charge in [-0.2, -0.15) is 0 Å². The molecule has 92 valence electrons. The fourth-order valence-corrected chi connectivity index (χ4v) is 1.80. The summed E-state index contributed by atoms with van der Waals surface area (Å²) in [6.45, 7) is 0. The summed E-state index contributed by atoms with van der Waals surface area (Å²) in [5, 5.41) is 3.72. The fourth-order valence-electron chi connectivity index (χ4n) is 1.68. The molecule has 0 saturated carbocycles. The molecule has 0 aliphatic carbocycles. The molecule has 2 rings (SSSR count). The fraction of sp³-hybridized carbons (Fsp3) is 0.0714. The number of para-hydroxylation sites is 1. The summed E-state index contributed by atoms with van der Waals surface area (Å²) in [7, 11) is 0. The first-order valence-corrected chi connectivity index (χ1v) is 5.91. The van der Waals surface area contributed by atoms with Crippen molar-refractivity contribution in [3.05, 3.63) is 65.2 Å². The highest BCUT2D eigenvalue weighted by molar-refractivity contribution is 6.30. The van der Waals surface area contributed by atoms with E-state index in [-0.39, 0.29) is 0 Å². The molecule has 0 aliphatic rings. The molecule has 3 nitrogen and oxygen atoms in total. The van der Waals surface area contributed by atoms with E-state index in [1.165, 1.54) is 0 Å². The number of rotatable bonds is 4. The predicted octanol–water partition coefficient (Wildman–Crippen LogP) is 2.98. The lowest BCUT2D eigenvalue weighted by atomic mass is 10.1. The second-order valence-corrected chi connectivity index (χ2v) is 4.33. The molecule has 4 heteroatoms. The van der Waals surface area contributed by atoms with Gasteiger partial charge in [-0.05, 0) is 29.8 Å². The summed E-state index contributed by atoms with van der Waals surface area (Å²) in [5.74, 6) is -0.429.